The third-order valence-electron chi connectivity index (χ3n) is 3.72. The highest BCUT2D eigenvalue weighted by Gasteiger charge is 2.27. The molecule has 2 aromatic rings. The Morgan fingerprint density at radius 3 is 2.95 bits per heavy atom. The third-order valence-corrected chi connectivity index (χ3v) is 3.94. The first-order valence-electron chi connectivity index (χ1n) is 6.67. The van der Waals surface area contributed by atoms with E-state index in [9.17, 15) is 0 Å². The standard InChI is InChI=1S/C15H16N4S/c1-10-6-7-11-4-2-3-5-13(11)19(10)15-12(14(16)20)8-9-17-18-15/h2-5,8-10H,6-7H2,1H3,(H2,16,20). The van der Waals surface area contributed by atoms with Crippen LogP contribution in [0.5, 0.6) is 0 Å². The molecule has 5 heteroatoms. The molecule has 2 N–H and O–H groups in total. The minimum Gasteiger partial charge on any atom is -0.389 e. The second kappa shape index (κ2) is 5.17. The number of rotatable bonds is 2. The number of fused-ring (bicyclic) bond motifs is 1. The first-order chi connectivity index (χ1) is 9.68. The first-order valence-corrected chi connectivity index (χ1v) is 7.08. The van der Waals surface area contributed by atoms with E-state index < -0.39 is 0 Å². The van der Waals surface area contributed by atoms with Crippen LogP contribution in [0, 0.1) is 0 Å². The van der Waals surface area contributed by atoms with Crippen molar-refractivity contribution in [3.63, 3.8) is 0 Å². The lowest BCUT2D eigenvalue weighted by atomic mass is 9.96. The molecule has 0 saturated heterocycles. The summed E-state index contributed by atoms with van der Waals surface area (Å²) < 4.78 is 0. The van der Waals surface area contributed by atoms with Crippen LogP contribution >= 0.6 is 12.2 Å². The second-order valence-electron chi connectivity index (χ2n) is 5.02. The van der Waals surface area contributed by atoms with E-state index in [1.54, 1.807) is 6.20 Å². The van der Waals surface area contributed by atoms with Gasteiger partial charge in [0, 0.05) is 11.7 Å². The van der Waals surface area contributed by atoms with Gasteiger partial charge in [-0.25, -0.2) is 0 Å². The van der Waals surface area contributed by atoms with Crippen molar-refractivity contribution in [2.45, 2.75) is 25.8 Å². The van der Waals surface area contributed by atoms with Gasteiger partial charge >= 0.3 is 0 Å². The molecule has 0 fully saturated rings. The van der Waals surface area contributed by atoms with E-state index in [1.807, 2.05) is 12.1 Å². The predicted octanol–water partition coefficient (Wildman–Crippen LogP) is 2.58. The van der Waals surface area contributed by atoms with Gasteiger partial charge in [-0.15, -0.1) is 5.10 Å². The summed E-state index contributed by atoms with van der Waals surface area (Å²) >= 11 is 5.14. The molecule has 2 heterocycles. The third kappa shape index (κ3) is 2.14. The highest BCUT2D eigenvalue weighted by molar-refractivity contribution is 7.80. The zero-order chi connectivity index (χ0) is 14.1. The van der Waals surface area contributed by atoms with Gasteiger partial charge in [-0.3, -0.25) is 0 Å². The van der Waals surface area contributed by atoms with Gasteiger partial charge in [-0.05, 0) is 37.5 Å². The topological polar surface area (TPSA) is 55.0 Å². The average Bonchev–Trinajstić information content (AvgIpc) is 2.47. The molecule has 1 aliphatic heterocycles. The van der Waals surface area contributed by atoms with Crippen molar-refractivity contribution < 1.29 is 0 Å². The minimum atomic E-state index is 0.342. The first kappa shape index (κ1) is 13.0. The summed E-state index contributed by atoms with van der Waals surface area (Å²) in [6, 6.07) is 10.6. The molecule has 4 nitrogen and oxygen atoms in total. The SMILES string of the molecule is CC1CCc2ccccc2N1c1nnccc1C(N)=S. The maximum absolute atomic E-state index is 5.82. The Hall–Kier alpha value is -2.01. The smallest absolute Gasteiger partial charge is 0.166 e. The minimum absolute atomic E-state index is 0.342. The zero-order valence-electron chi connectivity index (χ0n) is 11.3. The van der Waals surface area contributed by atoms with Crippen LogP contribution < -0.4 is 10.6 Å². The molecule has 1 aliphatic rings. The number of aryl methyl sites for hydroxylation is 1. The second-order valence-corrected chi connectivity index (χ2v) is 5.46. The number of benzene rings is 1. The largest absolute Gasteiger partial charge is 0.389 e. The van der Waals surface area contributed by atoms with Crippen molar-refractivity contribution in [1.29, 1.82) is 0 Å². The van der Waals surface area contributed by atoms with Crippen molar-refractivity contribution >= 4 is 28.7 Å². The summed E-state index contributed by atoms with van der Waals surface area (Å²) in [5, 5.41) is 8.28. The fourth-order valence-electron chi connectivity index (χ4n) is 2.71. The molecule has 0 saturated carbocycles. The quantitative estimate of drug-likeness (QED) is 0.859. The molecule has 0 radical (unpaired) electrons. The highest BCUT2D eigenvalue weighted by Crippen LogP contribution is 2.36. The number of hydrogen-bond donors (Lipinski definition) is 1. The van der Waals surface area contributed by atoms with Gasteiger partial charge in [0.2, 0.25) is 0 Å². The van der Waals surface area contributed by atoms with Gasteiger partial charge in [0.05, 0.1) is 11.8 Å². The van der Waals surface area contributed by atoms with E-state index in [4.69, 9.17) is 18.0 Å². The predicted molar refractivity (Wildman–Crippen MR) is 84.3 cm³/mol. The molecular weight excluding hydrogens is 268 g/mol. The molecule has 3 rings (SSSR count). The van der Waals surface area contributed by atoms with E-state index in [0.717, 1.165) is 24.2 Å². The van der Waals surface area contributed by atoms with Crippen molar-refractivity contribution in [3.8, 4) is 0 Å². The van der Waals surface area contributed by atoms with Crippen molar-refractivity contribution in [3.05, 3.63) is 47.7 Å². The monoisotopic (exact) mass is 284 g/mol. The highest BCUT2D eigenvalue weighted by atomic mass is 32.1. The molecule has 0 bridgehead atoms. The lowest BCUT2D eigenvalue weighted by Gasteiger charge is -2.36. The van der Waals surface area contributed by atoms with Crippen LogP contribution in [0.1, 0.15) is 24.5 Å². The summed E-state index contributed by atoms with van der Waals surface area (Å²) in [5.41, 5.74) is 9.09. The molecule has 1 aromatic heterocycles. The van der Waals surface area contributed by atoms with Gasteiger partial charge in [0.1, 0.15) is 4.99 Å². The maximum atomic E-state index is 5.82. The summed E-state index contributed by atoms with van der Waals surface area (Å²) in [4.78, 5) is 2.55. The molecule has 0 aliphatic carbocycles. The summed E-state index contributed by atoms with van der Waals surface area (Å²) in [5.74, 6) is 0.750. The Morgan fingerprint density at radius 2 is 2.15 bits per heavy atom. The van der Waals surface area contributed by atoms with E-state index in [2.05, 4.69) is 40.2 Å². The Labute approximate surface area is 123 Å². The van der Waals surface area contributed by atoms with Crippen LogP contribution in [0.25, 0.3) is 0 Å². The zero-order valence-corrected chi connectivity index (χ0v) is 12.1. The molecule has 102 valence electrons. The van der Waals surface area contributed by atoms with Crippen LogP contribution in [0.15, 0.2) is 36.5 Å². The van der Waals surface area contributed by atoms with Crippen molar-refractivity contribution in [2.75, 3.05) is 4.90 Å². The Bertz CT molecular complexity index is 656. The maximum Gasteiger partial charge on any atom is 0.166 e. The molecule has 20 heavy (non-hydrogen) atoms. The summed E-state index contributed by atoms with van der Waals surface area (Å²) in [6.07, 6.45) is 3.78. The number of nitrogens with zero attached hydrogens (tertiary/aromatic N) is 3. The van der Waals surface area contributed by atoms with Crippen LogP contribution in [-0.4, -0.2) is 21.2 Å². The Morgan fingerprint density at radius 1 is 1.35 bits per heavy atom. The van der Waals surface area contributed by atoms with Gasteiger partial charge in [0.25, 0.3) is 0 Å². The van der Waals surface area contributed by atoms with Crippen molar-refractivity contribution in [1.82, 2.24) is 10.2 Å². The molecule has 0 spiro atoms. The van der Waals surface area contributed by atoms with Crippen LogP contribution in [0.2, 0.25) is 0 Å². The molecule has 0 amide bonds. The van der Waals surface area contributed by atoms with Gasteiger partial charge < -0.3 is 10.6 Å². The normalized spacial score (nSPS) is 17.6. The lowest BCUT2D eigenvalue weighted by Crippen LogP contribution is -2.35. The number of thiocarbonyl (C=S) groups is 1. The number of aromatic nitrogens is 2. The number of hydrogen-bond acceptors (Lipinski definition) is 4. The molecule has 1 aromatic carbocycles. The fourth-order valence-corrected chi connectivity index (χ4v) is 2.86. The van der Waals surface area contributed by atoms with E-state index in [0.29, 0.717) is 11.0 Å². The van der Waals surface area contributed by atoms with Crippen molar-refractivity contribution in [2.24, 2.45) is 5.73 Å². The van der Waals surface area contributed by atoms with E-state index >= 15 is 0 Å². The van der Waals surface area contributed by atoms with Crippen LogP contribution in [0.4, 0.5) is 11.5 Å². The van der Waals surface area contributed by atoms with Gasteiger partial charge in [-0.1, -0.05) is 30.4 Å². The summed E-state index contributed by atoms with van der Waals surface area (Å²) in [6.45, 7) is 2.19. The molecular formula is C15H16N4S. The number of anilines is 2. The number of para-hydroxylation sites is 1. The molecule has 1 unspecified atom stereocenters. The van der Waals surface area contributed by atoms with E-state index in [1.165, 1.54) is 11.3 Å². The van der Waals surface area contributed by atoms with Crippen LogP contribution in [-0.2, 0) is 6.42 Å². The van der Waals surface area contributed by atoms with Gasteiger partial charge in [-0.2, -0.15) is 5.10 Å². The van der Waals surface area contributed by atoms with Crippen LogP contribution in [0.3, 0.4) is 0 Å². The van der Waals surface area contributed by atoms with Gasteiger partial charge in [0.15, 0.2) is 5.82 Å². The fraction of sp³-hybridized carbons (Fsp3) is 0.267. The lowest BCUT2D eigenvalue weighted by molar-refractivity contribution is 0.610. The Kier molecular flexibility index (Phi) is 3.36. The molecule has 1 atom stereocenters. The Balaban J connectivity index is 2.17. The summed E-state index contributed by atoms with van der Waals surface area (Å²) in [7, 11) is 0. The van der Waals surface area contributed by atoms with E-state index in [-0.39, 0.29) is 0 Å². The number of nitrogens with two attached hydrogens (primary N) is 1. The average molecular weight is 284 g/mol.